The lowest BCUT2D eigenvalue weighted by Crippen LogP contribution is -2.21. The topological polar surface area (TPSA) is 102 Å². The number of benzene rings is 2. The van der Waals surface area contributed by atoms with Crippen molar-refractivity contribution >= 4 is 21.7 Å². The molecule has 156 valence electrons. The van der Waals surface area contributed by atoms with Gasteiger partial charge in [-0.25, -0.2) is 17.6 Å². The van der Waals surface area contributed by atoms with Crippen LogP contribution in [0.2, 0.25) is 0 Å². The van der Waals surface area contributed by atoms with Gasteiger partial charge in [-0.15, -0.1) is 0 Å². The van der Waals surface area contributed by atoms with Crippen molar-refractivity contribution in [2.45, 2.75) is 43.1 Å². The number of carbonyl (C=O) groups is 1. The number of para-hydroxylation sites is 1. The maximum absolute atomic E-state index is 14.6. The molecular weight excluding hydrogens is 401 g/mol. The Morgan fingerprint density at radius 1 is 1.14 bits per heavy atom. The summed E-state index contributed by atoms with van der Waals surface area (Å²) in [4.78, 5) is 11.5. The summed E-state index contributed by atoms with van der Waals surface area (Å²) >= 11 is 0. The predicted molar refractivity (Wildman–Crippen MR) is 105 cm³/mol. The Morgan fingerprint density at radius 2 is 1.83 bits per heavy atom. The zero-order valence-electron chi connectivity index (χ0n) is 15.9. The van der Waals surface area contributed by atoms with Crippen LogP contribution in [0, 0.1) is 5.82 Å². The minimum atomic E-state index is -4.21. The highest BCUT2D eigenvalue weighted by Crippen LogP contribution is 2.32. The van der Waals surface area contributed by atoms with Crippen molar-refractivity contribution < 1.29 is 32.2 Å². The molecule has 9 heteroatoms. The summed E-state index contributed by atoms with van der Waals surface area (Å²) in [6.45, 7) is 0. The second kappa shape index (κ2) is 8.69. The van der Waals surface area contributed by atoms with Gasteiger partial charge in [-0.1, -0.05) is 18.6 Å². The van der Waals surface area contributed by atoms with E-state index in [1.807, 2.05) is 0 Å². The average Bonchev–Trinajstić information content (AvgIpc) is 2.70. The highest BCUT2D eigenvalue weighted by atomic mass is 32.2. The smallest absolute Gasteiger partial charge is 0.337 e. The molecule has 0 unspecified atom stereocenters. The first-order chi connectivity index (χ1) is 13.8. The van der Waals surface area contributed by atoms with Crippen LogP contribution >= 0.6 is 0 Å². The quantitative estimate of drug-likeness (QED) is 0.697. The number of nitrogens with one attached hydrogen (secondary N) is 1. The van der Waals surface area contributed by atoms with E-state index in [4.69, 9.17) is 9.47 Å². The molecule has 0 atom stereocenters. The molecule has 0 bridgehead atoms. The lowest BCUT2D eigenvalue weighted by molar-refractivity contribution is 0.0696. The third-order valence-electron chi connectivity index (χ3n) is 4.75. The van der Waals surface area contributed by atoms with Crippen molar-refractivity contribution in [3.63, 3.8) is 0 Å². The highest BCUT2D eigenvalue weighted by molar-refractivity contribution is 7.92. The molecule has 2 aromatic carbocycles. The summed E-state index contributed by atoms with van der Waals surface area (Å²) in [5.74, 6) is -2.36. The minimum absolute atomic E-state index is 0.0783. The Balaban J connectivity index is 1.94. The van der Waals surface area contributed by atoms with Crippen LogP contribution in [0.15, 0.2) is 41.3 Å². The van der Waals surface area contributed by atoms with E-state index in [1.54, 1.807) is 6.07 Å². The second-order valence-corrected chi connectivity index (χ2v) is 8.42. The number of sulfonamides is 1. The van der Waals surface area contributed by atoms with Crippen LogP contribution < -0.4 is 14.2 Å². The Labute approximate surface area is 168 Å². The Kier molecular flexibility index (Phi) is 6.26. The summed E-state index contributed by atoms with van der Waals surface area (Å²) in [6, 6.07) is 7.70. The molecule has 0 amide bonds. The van der Waals surface area contributed by atoms with E-state index in [9.17, 15) is 22.7 Å². The molecule has 0 aromatic heterocycles. The van der Waals surface area contributed by atoms with Gasteiger partial charge in [-0.3, -0.25) is 4.72 Å². The van der Waals surface area contributed by atoms with E-state index in [-0.39, 0.29) is 22.5 Å². The number of rotatable bonds is 7. The number of carboxylic acids is 1. The molecule has 7 nitrogen and oxygen atoms in total. The first-order valence-corrected chi connectivity index (χ1v) is 10.7. The summed E-state index contributed by atoms with van der Waals surface area (Å²) in [6.07, 6.45) is 4.38. The van der Waals surface area contributed by atoms with Crippen molar-refractivity contribution in [2.75, 3.05) is 11.8 Å². The van der Waals surface area contributed by atoms with Crippen LogP contribution in [0.4, 0.5) is 10.1 Å². The van der Waals surface area contributed by atoms with Crippen molar-refractivity contribution in [2.24, 2.45) is 0 Å². The number of ether oxygens (including phenoxy) is 2. The van der Waals surface area contributed by atoms with Gasteiger partial charge < -0.3 is 14.6 Å². The van der Waals surface area contributed by atoms with Crippen molar-refractivity contribution in [3.05, 3.63) is 47.8 Å². The van der Waals surface area contributed by atoms with Gasteiger partial charge in [-0.2, -0.15) is 0 Å². The van der Waals surface area contributed by atoms with E-state index in [1.165, 1.54) is 25.3 Å². The van der Waals surface area contributed by atoms with E-state index in [2.05, 4.69) is 4.72 Å². The average molecular weight is 423 g/mol. The van der Waals surface area contributed by atoms with E-state index < -0.39 is 33.1 Å². The van der Waals surface area contributed by atoms with E-state index >= 15 is 0 Å². The number of anilines is 1. The minimum Gasteiger partial charge on any atom is -0.495 e. The number of hydrogen-bond acceptors (Lipinski definition) is 5. The molecule has 0 spiro atoms. The molecule has 2 N–H and O–H groups in total. The fourth-order valence-corrected chi connectivity index (χ4v) is 4.55. The summed E-state index contributed by atoms with van der Waals surface area (Å²) in [5, 5.41) is 9.52. The number of carboxylic acid groups (broad SMARTS) is 1. The first-order valence-electron chi connectivity index (χ1n) is 9.21. The van der Waals surface area contributed by atoms with Gasteiger partial charge in [0.25, 0.3) is 10.0 Å². The number of hydrogen-bond donors (Lipinski definition) is 2. The molecular formula is C20H22FNO6S. The monoisotopic (exact) mass is 423 g/mol. The third-order valence-corrected chi connectivity index (χ3v) is 6.16. The third kappa shape index (κ3) is 4.79. The molecule has 1 aliphatic carbocycles. The zero-order valence-corrected chi connectivity index (χ0v) is 16.7. The summed E-state index contributed by atoms with van der Waals surface area (Å²) in [5.41, 5.74) is -0.799. The van der Waals surface area contributed by atoms with Gasteiger partial charge >= 0.3 is 5.97 Å². The molecule has 29 heavy (non-hydrogen) atoms. The van der Waals surface area contributed by atoms with Crippen molar-refractivity contribution in [1.29, 1.82) is 0 Å². The van der Waals surface area contributed by atoms with Crippen LogP contribution in [-0.4, -0.2) is 32.7 Å². The normalized spacial score (nSPS) is 15.0. The van der Waals surface area contributed by atoms with Gasteiger partial charge in [-0.05, 0) is 43.9 Å². The Hall–Kier alpha value is -2.81. The van der Waals surface area contributed by atoms with E-state index in [0.717, 1.165) is 44.2 Å². The lowest BCUT2D eigenvalue weighted by Gasteiger charge is -2.23. The lowest BCUT2D eigenvalue weighted by atomic mass is 9.98. The SMILES string of the molecule is COc1ccccc1S(=O)(=O)Nc1cc(F)c(OC2CCCCC2)cc1C(=O)O. The molecule has 0 aliphatic heterocycles. The molecule has 0 heterocycles. The van der Waals surface area contributed by atoms with Crippen molar-refractivity contribution in [1.82, 2.24) is 0 Å². The summed E-state index contributed by atoms with van der Waals surface area (Å²) in [7, 11) is -2.90. The van der Waals surface area contributed by atoms with Gasteiger partial charge in [0.05, 0.1) is 24.5 Å². The molecule has 3 rings (SSSR count). The Bertz CT molecular complexity index is 1000. The van der Waals surface area contributed by atoms with E-state index in [0.29, 0.717) is 0 Å². The molecule has 1 aliphatic rings. The number of halogens is 1. The fourth-order valence-electron chi connectivity index (χ4n) is 3.31. The van der Waals surface area contributed by atoms with Gasteiger partial charge in [0.1, 0.15) is 10.6 Å². The number of methoxy groups -OCH3 is 1. The van der Waals surface area contributed by atoms with Gasteiger partial charge in [0.2, 0.25) is 0 Å². The Morgan fingerprint density at radius 3 is 2.48 bits per heavy atom. The second-order valence-electron chi connectivity index (χ2n) is 6.77. The standard InChI is InChI=1S/C20H22FNO6S/c1-27-17-9-5-6-10-19(17)29(25,26)22-16-12-15(21)18(11-14(16)20(23)24)28-13-7-3-2-4-8-13/h5-6,9-13,22H,2-4,7-8H2,1H3,(H,23,24). The fraction of sp³-hybridized carbons (Fsp3) is 0.350. The summed E-state index contributed by atoms with van der Waals surface area (Å²) < 4.78 is 52.9. The van der Waals surface area contributed by atoms with Crippen LogP contribution in [0.25, 0.3) is 0 Å². The predicted octanol–water partition coefficient (Wildman–Crippen LogP) is 4.04. The van der Waals surface area contributed by atoms with Gasteiger partial charge in [0.15, 0.2) is 11.6 Å². The van der Waals surface area contributed by atoms with Crippen molar-refractivity contribution in [3.8, 4) is 11.5 Å². The number of aromatic carboxylic acids is 1. The maximum Gasteiger partial charge on any atom is 0.337 e. The molecule has 1 fully saturated rings. The molecule has 2 aromatic rings. The molecule has 0 radical (unpaired) electrons. The largest absolute Gasteiger partial charge is 0.495 e. The van der Waals surface area contributed by atoms with Crippen LogP contribution in [0.1, 0.15) is 42.5 Å². The molecule has 0 saturated heterocycles. The van der Waals surface area contributed by atoms with Crippen LogP contribution in [-0.2, 0) is 10.0 Å². The maximum atomic E-state index is 14.6. The first kappa shape index (κ1) is 20.9. The van der Waals surface area contributed by atoms with Crippen LogP contribution in [0.5, 0.6) is 11.5 Å². The van der Waals surface area contributed by atoms with Crippen LogP contribution in [0.3, 0.4) is 0 Å². The molecule has 1 saturated carbocycles. The highest BCUT2D eigenvalue weighted by Gasteiger charge is 2.25. The van der Waals surface area contributed by atoms with Gasteiger partial charge in [0, 0.05) is 6.07 Å². The zero-order chi connectivity index (χ0) is 21.0.